The van der Waals surface area contributed by atoms with Crippen molar-refractivity contribution in [2.24, 2.45) is 0 Å². The molecular formula is C16H14BrFN2O. The van der Waals surface area contributed by atoms with E-state index in [1.165, 1.54) is 23.8 Å². The zero-order chi connectivity index (χ0) is 14.8. The van der Waals surface area contributed by atoms with Gasteiger partial charge in [-0.2, -0.15) is 0 Å². The molecule has 21 heavy (non-hydrogen) atoms. The van der Waals surface area contributed by atoms with Gasteiger partial charge in [-0.15, -0.1) is 0 Å². The first kappa shape index (κ1) is 14.1. The molecule has 1 aliphatic heterocycles. The Morgan fingerprint density at radius 3 is 2.90 bits per heavy atom. The van der Waals surface area contributed by atoms with Crippen LogP contribution in [0, 0.1) is 5.82 Å². The van der Waals surface area contributed by atoms with Gasteiger partial charge in [-0.3, -0.25) is 4.79 Å². The lowest BCUT2D eigenvalue weighted by atomic mass is 10.0. The van der Waals surface area contributed by atoms with Crippen LogP contribution in [0.5, 0.6) is 0 Å². The van der Waals surface area contributed by atoms with E-state index in [4.69, 9.17) is 0 Å². The number of anilines is 2. The van der Waals surface area contributed by atoms with Gasteiger partial charge in [0.25, 0.3) is 5.91 Å². The quantitative estimate of drug-likeness (QED) is 0.853. The fourth-order valence-electron chi connectivity index (χ4n) is 2.38. The van der Waals surface area contributed by atoms with E-state index in [-0.39, 0.29) is 16.2 Å². The van der Waals surface area contributed by atoms with Gasteiger partial charge in [-0.25, -0.2) is 4.39 Å². The van der Waals surface area contributed by atoms with Gasteiger partial charge in [0.15, 0.2) is 0 Å². The second-order valence-electron chi connectivity index (χ2n) is 4.99. The Kier molecular flexibility index (Phi) is 3.92. The predicted octanol–water partition coefficient (Wildman–Crippen LogP) is 4.20. The number of halogens is 2. The Morgan fingerprint density at radius 1 is 1.24 bits per heavy atom. The van der Waals surface area contributed by atoms with Crippen LogP contribution in [-0.4, -0.2) is 12.5 Å². The van der Waals surface area contributed by atoms with Crippen LogP contribution >= 0.6 is 15.9 Å². The number of rotatable bonds is 2. The van der Waals surface area contributed by atoms with Gasteiger partial charge < -0.3 is 10.6 Å². The predicted molar refractivity (Wildman–Crippen MR) is 85.3 cm³/mol. The van der Waals surface area contributed by atoms with Crippen LogP contribution in [0.25, 0.3) is 0 Å². The van der Waals surface area contributed by atoms with Gasteiger partial charge in [0.1, 0.15) is 5.82 Å². The van der Waals surface area contributed by atoms with E-state index in [9.17, 15) is 9.18 Å². The van der Waals surface area contributed by atoms with Crippen LogP contribution in [0.15, 0.2) is 40.9 Å². The van der Waals surface area contributed by atoms with Gasteiger partial charge >= 0.3 is 0 Å². The van der Waals surface area contributed by atoms with Gasteiger partial charge in [-0.1, -0.05) is 6.07 Å². The maximum atomic E-state index is 13.2. The highest BCUT2D eigenvalue weighted by molar-refractivity contribution is 9.10. The fourth-order valence-corrected chi connectivity index (χ4v) is 2.76. The molecule has 2 aromatic carbocycles. The van der Waals surface area contributed by atoms with Crippen molar-refractivity contribution in [3.05, 3.63) is 57.8 Å². The minimum absolute atomic E-state index is 0.258. The molecule has 5 heteroatoms. The first-order valence-corrected chi connectivity index (χ1v) is 7.56. The molecule has 0 aliphatic carbocycles. The summed E-state index contributed by atoms with van der Waals surface area (Å²) in [4.78, 5) is 12.2. The molecular weight excluding hydrogens is 335 g/mol. The lowest BCUT2D eigenvalue weighted by Gasteiger charge is -2.18. The smallest absolute Gasteiger partial charge is 0.255 e. The molecule has 0 unspecified atom stereocenters. The molecule has 1 amide bonds. The van der Waals surface area contributed by atoms with Crippen LogP contribution in [0.1, 0.15) is 22.3 Å². The first-order valence-electron chi connectivity index (χ1n) is 6.77. The van der Waals surface area contributed by atoms with Crippen LogP contribution in [-0.2, 0) is 6.42 Å². The summed E-state index contributed by atoms with van der Waals surface area (Å²) in [6.45, 7) is 0.954. The third-order valence-electron chi connectivity index (χ3n) is 3.49. The molecule has 0 saturated carbocycles. The highest BCUT2D eigenvalue weighted by Crippen LogP contribution is 2.26. The highest BCUT2D eigenvalue weighted by Gasteiger charge is 2.12. The van der Waals surface area contributed by atoms with Crippen molar-refractivity contribution in [1.29, 1.82) is 0 Å². The highest BCUT2D eigenvalue weighted by atomic mass is 79.9. The van der Waals surface area contributed by atoms with Gasteiger partial charge in [-0.05, 0) is 64.7 Å². The average molecular weight is 349 g/mol. The maximum absolute atomic E-state index is 13.2. The van der Waals surface area contributed by atoms with E-state index in [0.29, 0.717) is 5.56 Å². The van der Waals surface area contributed by atoms with Crippen molar-refractivity contribution >= 4 is 33.2 Å². The average Bonchev–Trinajstić information content (AvgIpc) is 2.50. The molecule has 0 bridgehead atoms. The number of benzene rings is 2. The Bertz CT molecular complexity index is 703. The monoisotopic (exact) mass is 348 g/mol. The summed E-state index contributed by atoms with van der Waals surface area (Å²) < 4.78 is 13.5. The second-order valence-corrected chi connectivity index (χ2v) is 5.84. The molecule has 2 aromatic rings. The normalized spacial score (nSPS) is 13.2. The number of hydrogen-bond acceptors (Lipinski definition) is 2. The minimum Gasteiger partial charge on any atom is -0.385 e. The third-order valence-corrected chi connectivity index (χ3v) is 4.10. The van der Waals surface area contributed by atoms with Crippen molar-refractivity contribution in [2.45, 2.75) is 12.8 Å². The summed E-state index contributed by atoms with van der Waals surface area (Å²) >= 11 is 3.08. The minimum atomic E-state index is -0.385. The van der Waals surface area contributed by atoms with E-state index in [2.05, 4.69) is 26.6 Å². The molecule has 3 rings (SSSR count). The van der Waals surface area contributed by atoms with Crippen molar-refractivity contribution < 1.29 is 9.18 Å². The molecule has 1 heterocycles. The van der Waals surface area contributed by atoms with Crippen LogP contribution in [0.4, 0.5) is 15.8 Å². The topological polar surface area (TPSA) is 41.1 Å². The summed E-state index contributed by atoms with van der Waals surface area (Å²) in [5.41, 5.74) is 3.48. The molecule has 0 radical (unpaired) electrons. The van der Waals surface area contributed by atoms with Crippen LogP contribution in [0.3, 0.4) is 0 Å². The lowest BCUT2D eigenvalue weighted by Crippen LogP contribution is -2.14. The molecule has 3 nitrogen and oxygen atoms in total. The van der Waals surface area contributed by atoms with Crippen LogP contribution in [0.2, 0.25) is 0 Å². The van der Waals surface area contributed by atoms with Gasteiger partial charge in [0.2, 0.25) is 0 Å². The first-order chi connectivity index (χ1) is 10.1. The van der Waals surface area contributed by atoms with E-state index in [1.54, 1.807) is 0 Å². The number of amides is 1. The summed E-state index contributed by atoms with van der Waals surface area (Å²) in [7, 11) is 0. The van der Waals surface area contributed by atoms with Crippen LogP contribution < -0.4 is 10.6 Å². The standard InChI is InChI=1S/C16H14BrFN2O/c17-13-8-11(4-6-14(13)18)16(21)20-12-5-3-10-2-1-7-19-15(10)9-12/h3-6,8-9,19H,1-2,7H2,(H,20,21). The summed E-state index contributed by atoms with van der Waals surface area (Å²) in [6, 6.07) is 10.1. The third kappa shape index (κ3) is 3.08. The Morgan fingerprint density at radius 2 is 2.10 bits per heavy atom. The van der Waals surface area contributed by atoms with E-state index in [1.807, 2.05) is 18.2 Å². The number of fused-ring (bicyclic) bond motifs is 1. The summed E-state index contributed by atoms with van der Waals surface area (Å²) in [5.74, 6) is -0.643. The summed E-state index contributed by atoms with van der Waals surface area (Å²) in [6.07, 6.45) is 2.18. The summed E-state index contributed by atoms with van der Waals surface area (Å²) in [5, 5.41) is 6.16. The SMILES string of the molecule is O=C(Nc1ccc2c(c1)NCCC2)c1ccc(F)c(Br)c1. The van der Waals surface area contributed by atoms with Crippen molar-refractivity contribution in [2.75, 3.05) is 17.2 Å². The second kappa shape index (κ2) is 5.85. The zero-order valence-corrected chi connectivity index (χ0v) is 12.8. The molecule has 0 spiro atoms. The fraction of sp³-hybridized carbons (Fsp3) is 0.188. The van der Waals surface area contributed by atoms with Gasteiger partial charge in [0, 0.05) is 23.5 Å². The number of carbonyl (C=O) groups excluding carboxylic acids is 1. The molecule has 108 valence electrons. The van der Waals surface area contributed by atoms with E-state index in [0.717, 1.165) is 30.8 Å². The van der Waals surface area contributed by atoms with Crippen molar-refractivity contribution in [1.82, 2.24) is 0 Å². The molecule has 2 N–H and O–H groups in total. The van der Waals surface area contributed by atoms with E-state index < -0.39 is 0 Å². The van der Waals surface area contributed by atoms with E-state index >= 15 is 0 Å². The Labute approximate surface area is 130 Å². The molecule has 0 aromatic heterocycles. The van der Waals surface area contributed by atoms with Crippen molar-refractivity contribution in [3.63, 3.8) is 0 Å². The van der Waals surface area contributed by atoms with Crippen molar-refractivity contribution in [3.8, 4) is 0 Å². The Hall–Kier alpha value is -1.88. The molecule has 0 saturated heterocycles. The van der Waals surface area contributed by atoms with Gasteiger partial charge in [0.05, 0.1) is 4.47 Å². The number of aryl methyl sites for hydroxylation is 1. The lowest BCUT2D eigenvalue weighted by molar-refractivity contribution is 0.102. The number of carbonyl (C=O) groups is 1. The molecule has 0 atom stereocenters. The maximum Gasteiger partial charge on any atom is 0.255 e. The molecule has 0 fully saturated rings. The molecule has 1 aliphatic rings. The number of nitrogens with one attached hydrogen (secondary N) is 2. The Balaban J connectivity index is 1.79. The number of hydrogen-bond donors (Lipinski definition) is 2. The largest absolute Gasteiger partial charge is 0.385 e. The zero-order valence-electron chi connectivity index (χ0n) is 11.2.